The summed E-state index contributed by atoms with van der Waals surface area (Å²) >= 11 is 0. The number of aromatic nitrogens is 2. The summed E-state index contributed by atoms with van der Waals surface area (Å²) in [5, 5.41) is 4.08. The van der Waals surface area contributed by atoms with Crippen LogP contribution >= 0.6 is 0 Å². The Labute approximate surface area is 151 Å². The summed E-state index contributed by atoms with van der Waals surface area (Å²) in [4.78, 5) is 26.3. The van der Waals surface area contributed by atoms with E-state index in [-0.39, 0.29) is 24.0 Å². The number of hydrogen-bond acceptors (Lipinski definition) is 6. The zero-order valence-electron chi connectivity index (χ0n) is 14.9. The Kier molecular flexibility index (Phi) is 3.38. The maximum Gasteiger partial charge on any atom is 0.252 e. The second-order valence-electron chi connectivity index (χ2n) is 7.50. The van der Waals surface area contributed by atoms with Crippen molar-refractivity contribution in [2.45, 2.75) is 57.2 Å². The van der Waals surface area contributed by atoms with Gasteiger partial charge in [0.05, 0.1) is 30.2 Å². The van der Waals surface area contributed by atoms with Crippen LogP contribution in [0.2, 0.25) is 0 Å². The maximum absolute atomic E-state index is 13.3. The van der Waals surface area contributed by atoms with E-state index in [0.717, 1.165) is 30.0 Å². The zero-order chi connectivity index (χ0) is 17.8. The lowest BCUT2D eigenvalue weighted by Gasteiger charge is -2.41. The standard InChI is InChI=1S/C19H21N5O2/c1-11(2)24-15-6-4-3-5-14(15)23-10-20-13(17(23)19(24)25)9-16-21-18(22-26-16)12-7-8-12/h3-6,10-13,17H,7-9H2,1-2H3. The summed E-state index contributed by atoms with van der Waals surface area (Å²) in [5.74, 6) is 1.89. The molecule has 1 fully saturated rings. The van der Waals surface area contributed by atoms with Gasteiger partial charge in [-0.25, -0.2) is 0 Å². The number of para-hydroxylation sites is 2. The molecular weight excluding hydrogens is 330 g/mol. The Morgan fingerprint density at radius 2 is 2.00 bits per heavy atom. The number of carbonyl (C=O) groups is 1. The van der Waals surface area contributed by atoms with Crippen molar-refractivity contribution >= 4 is 23.6 Å². The van der Waals surface area contributed by atoms with Gasteiger partial charge < -0.3 is 14.3 Å². The first-order valence-corrected chi connectivity index (χ1v) is 9.19. The topological polar surface area (TPSA) is 74.8 Å². The highest BCUT2D eigenvalue weighted by molar-refractivity contribution is 6.12. The van der Waals surface area contributed by atoms with Gasteiger partial charge in [-0.05, 0) is 38.8 Å². The van der Waals surface area contributed by atoms with Gasteiger partial charge in [0.15, 0.2) is 5.82 Å². The molecule has 0 radical (unpaired) electrons. The molecule has 0 spiro atoms. The van der Waals surface area contributed by atoms with Gasteiger partial charge >= 0.3 is 0 Å². The SMILES string of the molecule is CC(C)N1C(=O)C2C(Cc3nc(C4CC4)no3)N=CN2c2ccccc21. The molecule has 1 aromatic carbocycles. The largest absolute Gasteiger partial charge is 0.339 e. The number of hydrogen-bond donors (Lipinski definition) is 0. The summed E-state index contributed by atoms with van der Waals surface area (Å²) in [6, 6.07) is 7.49. The highest BCUT2D eigenvalue weighted by Gasteiger charge is 2.46. The average Bonchev–Trinajstić information content (AvgIpc) is 3.22. The normalized spacial score (nSPS) is 24.3. The molecule has 2 unspecified atom stereocenters. The molecule has 2 aliphatic heterocycles. The Bertz CT molecular complexity index is 886. The minimum Gasteiger partial charge on any atom is -0.339 e. The minimum atomic E-state index is -0.358. The lowest BCUT2D eigenvalue weighted by atomic mass is 9.98. The molecule has 134 valence electrons. The average molecular weight is 351 g/mol. The van der Waals surface area contributed by atoms with Crippen molar-refractivity contribution in [3.8, 4) is 0 Å². The first-order chi connectivity index (χ1) is 12.6. The van der Waals surface area contributed by atoms with Crippen LogP contribution < -0.4 is 9.80 Å². The molecule has 0 N–H and O–H groups in total. The highest BCUT2D eigenvalue weighted by Crippen LogP contribution is 2.40. The van der Waals surface area contributed by atoms with Crippen LogP contribution in [0.25, 0.3) is 0 Å². The summed E-state index contributed by atoms with van der Waals surface area (Å²) in [6.45, 7) is 4.07. The van der Waals surface area contributed by atoms with Crippen LogP contribution in [0.15, 0.2) is 33.8 Å². The fourth-order valence-electron chi connectivity index (χ4n) is 3.87. The second-order valence-corrected chi connectivity index (χ2v) is 7.50. The lowest BCUT2D eigenvalue weighted by molar-refractivity contribution is -0.120. The van der Waals surface area contributed by atoms with E-state index in [1.807, 2.05) is 47.9 Å². The quantitative estimate of drug-likeness (QED) is 0.846. The van der Waals surface area contributed by atoms with Gasteiger partial charge in [0, 0.05) is 12.0 Å². The number of aliphatic imine (C=N–C) groups is 1. The van der Waals surface area contributed by atoms with Crippen molar-refractivity contribution in [2.75, 3.05) is 9.80 Å². The van der Waals surface area contributed by atoms with Crippen LogP contribution in [-0.4, -0.2) is 40.5 Å². The van der Waals surface area contributed by atoms with Crippen molar-refractivity contribution in [1.82, 2.24) is 10.1 Å². The Balaban J connectivity index is 1.46. The Hall–Kier alpha value is -2.70. The van der Waals surface area contributed by atoms with Crippen molar-refractivity contribution < 1.29 is 9.32 Å². The number of amides is 1. The molecule has 1 amide bonds. The third-order valence-electron chi connectivity index (χ3n) is 5.28. The summed E-state index contributed by atoms with van der Waals surface area (Å²) < 4.78 is 5.41. The Morgan fingerprint density at radius 1 is 1.23 bits per heavy atom. The van der Waals surface area contributed by atoms with Gasteiger partial charge in [-0.3, -0.25) is 9.79 Å². The van der Waals surface area contributed by atoms with Crippen molar-refractivity contribution in [1.29, 1.82) is 0 Å². The van der Waals surface area contributed by atoms with Crippen molar-refractivity contribution in [2.24, 2.45) is 4.99 Å². The van der Waals surface area contributed by atoms with E-state index in [1.165, 1.54) is 0 Å². The molecule has 3 heterocycles. The fraction of sp³-hybridized carbons (Fsp3) is 0.474. The maximum atomic E-state index is 13.3. The van der Waals surface area contributed by atoms with Gasteiger partial charge in [0.25, 0.3) is 5.91 Å². The predicted octanol–water partition coefficient (Wildman–Crippen LogP) is 2.53. The monoisotopic (exact) mass is 351 g/mol. The fourth-order valence-corrected chi connectivity index (χ4v) is 3.87. The van der Waals surface area contributed by atoms with Crippen LogP contribution in [0.3, 0.4) is 0 Å². The van der Waals surface area contributed by atoms with Crippen LogP contribution in [0.4, 0.5) is 11.4 Å². The van der Waals surface area contributed by atoms with Crippen LogP contribution in [-0.2, 0) is 11.2 Å². The number of benzene rings is 1. The molecule has 0 bridgehead atoms. The predicted molar refractivity (Wildman–Crippen MR) is 97.6 cm³/mol. The lowest BCUT2D eigenvalue weighted by Crippen LogP contribution is -2.57. The Morgan fingerprint density at radius 3 is 2.73 bits per heavy atom. The molecule has 3 aliphatic rings. The third kappa shape index (κ3) is 2.34. The van der Waals surface area contributed by atoms with E-state index < -0.39 is 0 Å². The van der Waals surface area contributed by atoms with Gasteiger partial charge in [-0.2, -0.15) is 4.98 Å². The summed E-state index contributed by atoms with van der Waals surface area (Å²) in [7, 11) is 0. The zero-order valence-corrected chi connectivity index (χ0v) is 14.9. The number of nitrogens with zero attached hydrogens (tertiary/aromatic N) is 5. The van der Waals surface area contributed by atoms with E-state index in [4.69, 9.17) is 4.52 Å². The number of carbonyl (C=O) groups excluding carboxylic acids is 1. The summed E-state index contributed by atoms with van der Waals surface area (Å²) in [5.41, 5.74) is 1.95. The number of rotatable bonds is 4. The van der Waals surface area contributed by atoms with Crippen LogP contribution in [0, 0.1) is 0 Å². The first-order valence-electron chi connectivity index (χ1n) is 9.19. The second kappa shape index (κ2) is 5.65. The van der Waals surface area contributed by atoms with Gasteiger partial charge in [0.2, 0.25) is 5.89 Å². The molecule has 1 aromatic heterocycles. The van der Waals surface area contributed by atoms with Gasteiger partial charge in [-0.1, -0.05) is 17.3 Å². The molecule has 26 heavy (non-hydrogen) atoms. The van der Waals surface area contributed by atoms with E-state index in [9.17, 15) is 4.79 Å². The third-order valence-corrected chi connectivity index (χ3v) is 5.28. The molecule has 2 aromatic rings. The highest BCUT2D eigenvalue weighted by atomic mass is 16.5. The molecule has 0 saturated heterocycles. The smallest absolute Gasteiger partial charge is 0.252 e. The minimum absolute atomic E-state index is 0.0723. The van der Waals surface area contributed by atoms with Crippen LogP contribution in [0.5, 0.6) is 0 Å². The molecule has 5 rings (SSSR count). The molecule has 2 atom stereocenters. The number of anilines is 2. The molecule has 7 nitrogen and oxygen atoms in total. The van der Waals surface area contributed by atoms with Gasteiger partial charge in [-0.15, -0.1) is 0 Å². The first kappa shape index (κ1) is 15.5. The van der Waals surface area contributed by atoms with Gasteiger partial charge in [0.1, 0.15) is 6.04 Å². The van der Waals surface area contributed by atoms with Crippen LogP contribution in [0.1, 0.15) is 44.3 Å². The molecule has 7 heteroatoms. The molecule has 1 saturated carbocycles. The van der Waals surface area contributed by atoms with E-state index in [2.05, 4.69) is 15.1 Å². The van der Waals surface area contributed by atoms with Crippen molar-refractivity contribution in [3.63, 3.8) is 0 Å². The molecule has 1 aliphatic carbocycles. The summed E-state index contributed by atoms with van der Waals surface area (Å²) in [6.07, 6.45) is 4.53. The van der Waals surface area contributed by atoms with E-state index >= 15 is 0 Å². The van der Waals surface area contributed by atoms with Crippen molar-refractivity contribution in [3.05, 3.63) is 36.0 Å². The van der Waals surface area contributed by atoms with E-state index in [1.54, 1.807) is 6.34 Å². The molecular formula is C19H21N5O2. The van der Waals surface area contributed by atoms with E-state index in [0.29, 0.717) is 18.2 Å². The number of fused-ring (bicyclic) bond motifs is 3.